The highest BCUT2D eigenvalue weighted by atomic mass is 19.1. The lowest BCUT2D eigenvalue weighted by Crippen LogP contribution is -2.14. The molecule has 0 fully saturated rings. The van der Waals surface area contributed by atoms with Crippen molar-refractivity contribution in [1.82, 2.24) is 0 Å². The summed E-state index contributed by atoms with van der Waals surface area (Å²) in [5.74, 6) is -3.09. The van der Waals surface area contributed by atoms with Crippen LogP contribution in [0.25, 0.3) is 0 Å². The number of alkyl halides is 1. The summed E-state index contributed by atoms with van der Waals surface area (Å²) in [6.45, 7) is -1.02. The Labute approximate surface area is 83.9 Å². The van der Waals surface area contributed by atoms with Gasteiger partial charge in [0, 0.05) is 5.56 Å². The normalized spacial score (nSPS) is 12.5. The molecule has 0 aliphatic carbocycles. The minimum absolute atomic E-state index is 0.255. The predicted molar refractivity (Wildman–Crippen MR) is 47.9 cm³/mol. The summed E-state index contributed by atoms with van der Waals surface area (Å²) in [6.07, 6.45) is 0. The van der Waals surface area contributed by atoms with Crippen LogP contribution in [0, 0.1) is 5.82 Å². The first kappa shape index (κ1) is 11.4. The Morgan fingerprint density at radius 3 is 2.60 bits per heavy atom. The Balaban J connectivity index is 3.34. The summed E-state index contributed by atoms with van der Waals surface area (Å²) in [5.41, 5.74) is 4.35. The van der Waals surface area contributed by atoms with Crippen LogP contribution in [0.15, 0.2) is 12.1 Å². The molecule has 0 aromatic heterocycles. The Hall–Kier alpha value is -1.69. The zero-order valence-electron chi connectivity index (χ0n) is 7.58. The number of carboxylic acids is 1. The van der Waals surface area contributed by atoms with E-state index in [1.165, 1.54) is 0 Å². The SMILES string of the molecule is N[C@H](CF)c1cc(F)cc(C(=O)O)c1O. The van der Waals surface area contributed by atoms with E-state index in [0.29, 0.717) is 6.07 Å². The summed E-state index contributed by atoms with van der Waals surface area (Å²) in [4.78, 5) is 10.6. The van der Waals surface area contributed by atoms with Gasteiger partial charge in [-0.2, -0.15) is 0 Å². The van der Waals surface area contributed by atoms with E-state index in [1.807, 2.05) is 0 Å². The minimum Gasteiger partial charge on any atom is -0.507 e. The van der Waals surface area contributed by atoms with Crippen LogP contribution in [-0.4, -0.2) is 22.9 Å². The van der Waals surface area contributed by atoms with Crippen molar-refractivity contribution in [1.29, 1.82) is 0 Å². The maximum atomic E-state index is 12.9. The van der Waals surface area contributed by atoms with Crippen molar-refractivity contribution in [2.24, 2.45) is 5.73 Å². The van der Waals surface area contributed by atoms with Crippen LogP contribution in [0.1, 0.15) is 22.0 Å². The summed E-state index contributed by atoms with van der Waals surface area (Å²) in [7, 11) is 0. The zero-order valence-corrected chi connectivity index (χ0v) is 7.58. The van der Waals surface area contributed by atoms with Gasteiger partial charge in [0.2, 0.25) is 0 Å². The van der Waals surface area contributed by atoms with Crippen LogP contribution >= 0.6 is 0 Å². The van der Waals surface area contributed by atoms with Crippen molar-refractivity contribution in [3.63, 3.8) is 0 Å². The Kier molecular flexibility index (Phi) is 3.21. The highest BCUT2D eigenvalue weighted by molar-refractivity contribution is 5.91. The highest BCUT2D eigenvalue weighted by Gasteiger charge is 2.19. The molecule has 0 saturated carbocycles. The third kappa shape index (κ3) is 2.21. The molecule has 1 atom stereocenters. The van der Waals surface area contributed by atoms with Crippen LogP contribution in [0.3, 0.4) is 0 Å². The van der Waals surface area contributed by atoms with Gasteiger partial charge in [0.05, 0.1) is 6.04 Å². The fourth-order valence-electron chi connectivity index (χ4n) is 1.15. The van der Waals surface area contributed by atoms with E-state index >= 15 is 0 Å². The number of hydrogen-bond acceptors (Lipinski definition) is 3. The number of nitrogens with two attached hydrogens (primary N) is 1. The summed E-state index contributed by atoms with van der Waals surface area (Å²) in [6, 6.07) is 0.219. The van der Waals surface area contributed by atoms with Gasteiger partial charge in [-0.3, -0.25) is 0 Å². The molecule has 0 bridgehead atoms. The zero-order chi connectivity index (χ0) is 11.6. The fourth-order valence-corrected chi connectivity index (χ4v) is 1.15. The van der Waals surface area contributed by atoms with Crippen LogP contribution in [-0.2, 0) is 0 Å². The number of carboxylic acid groups (broad SMARTS) is 1. The Morgan fingerprint density at radius 2 is 2.13 bits per heavy atom. The molecule has 4 nitrogen and oxygen atoms in total. The van der Waals surface area contributed by atoms with E-state index in [1.54, 1.807) is 0 Å². The van der Waals surface area contributed by atoms with Crippen LogP contribution in [0.4, 0.5) is 8.78 Å². The van der Waals surface area contributed by atoms with Crippen molar-refractivity contribution in [3.05, 3.63) is 29.1 Å². The molecule has 4 N–H and O–H groups in total. The first-order chi connectivity index (χ1) is 6.97. The van der Waals surface area contributed by atoms with E-state index in [-0.39, 0.29) is 5.56 Å². The molecule has 0 heterocycles. The smallest absolute Gasteiger partial charge is 0.339 e. The maximum Gasteiger partial charge on any atom is 0.339 e. The van der Waals surface area contributed by atoms with Gasteiger partial charge in [-0.05, 0) is 12.1 Å². The summed E-state index contributed by atoms with van der Waals surface area (Å²) < 4.78 is 25.1. The lowest BCUT2D eigenvalue weighted by atomic mass is 10.0. The molecule has 1 rings (SSSR count). The van der Waals surface area contributed by atoms with Gasteiger partial charge in [0.1, 0.15) is 23.8 Å². The first-order valence-electron chi connectivity index (χ1n) is 4.04. The molecule has 0 saturated heterocycles. The molecule has 1 aromatic rings. The molecule has 82 valence electrons. The van der Waals surface area contributed by atoms with E-state index in [9.17, 15) is 18.7 Å². The molecule has 0 spiro atoms. The number of rotatable bonds is 3. The summed E-state index contributed by atoms with van der Waals surface area (Å²) in [5, 5.41) is 18.0. The van der Waals surface area contributed by atoms with Crippen molar-refractivity contribution in [2.75, 3.05) is 6.67 Å². The first-order valence-corrected chi connectivity index (χ1v) is 4.04. The van der Waals surface area contributed by atoms with Gasteiger partial charge >= 0.3 is 5.97 Å². The Bertz CT molecular complexity index is 395. The topological polar surface area (TPSA) is 83.6 Å². The second-order valence-corrected chi connectivity index (χ2v) is 2.96. The molecular formula is C9H9F2NO3. The van der Waals surface area contributed by atoms with Crippen molar-refractivity contribution >= 4 is 5.97 Å². The van der Waals surface area contributed by atoms with Crippen LogP contribution in [0.2, 0.25) is 0 Å². The monoisotopic (exact) mass is 217 g/mol. The van der Waals surface area contributed by atoms with E-state index < -0.39 is 35.8 Å². The van der Waals surface area contributed by atoms with E-state index in [4.69, 9.17) is 10.8 Å². The fraction of sp³-hybridized carbons (Fsp3) is 0.222. The maximum absolute atomic E-state index is 12.9. The average Bonchev–Trinajstić information content (AvgIpc) is 2.19. The number of phenols is 1. The number of carbonyl (C=O) groups is 1. The number of halogens is 2. The van der Waals surface area contributed by atoms with E-state index in [0.717, 1.165) is 6.07 Å². The largest absolute Gasteiger partial charge is 0.507 e. The molecule has 1 aromatic carbocycles. The van der Waals surface area contributed by atoms with Crippen LogP contribution < -0.4 is 5.73 Å². The molecule has 15 heavy (non-hydrogen) atoms. The van der Waals surface area contributed by atoms with Gasteiger partial charge in [-0.25, -0.2) is 13.6 Å². The lowest BCUT2D eigenvalue weighted by Gasteiger charge is -2.11. The summed E-state index contributed by atoms with van der Waals surface area (Å²) >= 11 is 0. The van der Waals surface area contributed by atoms with Crippen molar-refractivity contribution in [2.45, 2.75) is 6.04 Å². The molecule has 0 aliphatic rings. The second kappa shape index (κ2) is 4.22. The van der Waals surface area contributed by atoms with Crippen molar-refractivity contribution in [3.8, 4) is 5.75 Å². The average molecular weight is 217 g/mol. The molecule has 0 unspecified atom stereocenters. The minimum atomic E-state index is -1.50. The molecule has 0 radical (unpaired) electrons. The third-order valence-electron chi connectivity index (χ3n) is 1.90. The van der Waals surface area contributed by atoms with Crippen molar-refractivity contribution < 1.29 is 23.8 Å². The number of aromatic hydroxyl groups is 1. The molecule has 6 heteroatoms. The Morgan fingerprint density at radius 1 is 1.53 bits per heavy atom. The van der Waals surface area contributed by atoms with Gasteiger partial charge in [-0.15, -0.1) is 0 Å². The standard InChI is InChI=1S/C9H9F2NO3/c10-3-7(12)5-1-4(11)2-6(8(5)13)9(14)15/h1-2,7,13H,3,12H2,(H,14,15)/t7-/m1/s1. The van der Waals surface area contributed by atoms with Crippen LogP contribution in [0.5, 0.6) is 5.75 Å². The van der Waals surface area contributed by atoms with Gasteiger partial charge < -0.3 is 15.9 Å². The molecule has 0 amide bonds. The quantitative estimate of drug-likeness (QED) is 0.710. The second-order valence-electron chi connectivity index (χ2n) is 2.96. The van der Waals surface area contributed by atoms with E-state index in [2.05, 4.69) is 0 Å². The molecular weight excluding hydrogens is 208 g/mol. The number of aromatic carboxylic acids is 1. The predicted octanol–water partition coefficient (Wildman–Crippen LogP) is 1.20. The third-order valence-corrected chi connectivity index (χ3v) is 1.90. The van der Waals surface area contributed by atoms with Gasteiger partial charge in [-0.1, -0.05) is 0 Å². The highest BCUT2D eigenvalue weighted by Crippen LogP contribution is 2.28. The number of hydrogen-bond donors (Lipinski definition) is 3. The van der Waals surface area contributed by atoms with Gasteiger partial charge in [0.25, 0.3) is 0 Å². The molecule has 0 aliphatic heterocycles. The van der Waals surface area contributed by atoms with Gasteiger partial charge in [0.15, 0.2) is 0 Å². The lowest BCUT2D eigenvalue weighted by molar-refractivity contribution is 0.0693. The number of benzene rings is 1.